The first-order valence-electron chi connectivity index (χ1n) is 7.66. The van der Waals surface area contributed by atoms with E-state index in [0.717, 1.165) is 11.1 Å². The van der Waals surface area contributed by atoms with Crippen LogP contribution in [-0.2, 0) is 23.1 Å². The van der Waals surface area contributed by atoms with Gasteiger partial charge in [0.05, 0.1) is 12.6 Å². The number of likely N-dealkylation sites (N-methyl/N-ethyl adjacent to an activating group) is 2. The van der Waals surface area contributed by atoms with Gasteiger partial charge in [0.1, 0.15) is 6.04 Å². The summed E-state index contributed by atoms with van der Waals surface area (Å²) in [5, 5.41) is 9.95. The zero-order valence-electron chi connectivity index (χ0n) is 14.8. The number of rotatable bonds is 6. The lowest BCUT2D eigenvalue weighted by Crippen LogP contribution is -2.30. The fourth-order valence-electron chi connectivity index (χ4n) is 2.29. The summed E-state index contributed by atoms with van der Waals surface area (Å²) in [7, 11) is 7.00. The first kappa shape index (κ1) is 20.7. The van der Waals surface area contributed by atoms with Crippen LogP contribution >= 0.6 is 12.4 Å². The molecule has 0 aliphatic rings. The van der Waals surface area contributed by atoms with E-state index in [1.807, 2.05) is 19.2 Å². The number of nitrogens with zero attached hydrogens (tertiary/aromatic N) is 3. The van der Waals surface area contributed by atoms with E-state index in [0.29, 0.717) is 12.1 Å². The molecule has 136 valence electrons. The largest absolute Gasteiger partial charge is 0.349 e. The molecular weight excluding hydrogens is 342 g/mol. The number of aromatic nitrogens is 2. The maximum Gasteiger partial charge on any atom is 0.246 e. The van der Waals surface area contributed by atoms with Gasteiger partial charge in [-0.2, -0.15) is 5.10 Å². The van der Waals surface area contributed by atoms with Crippen molar-refractivity contribution in [3.05, 3.63) is 47.8 Å². The van der Waals surface area contributed by atoms with Crippen LogP contribution in [0.4, 0.5) is 5.69 Å². The molecule has 2 N–H and O–H groups in total. The number of benzene rings is 1. The maximum absolute atomic E-state index is 12.4. The number of amides is 2. The van der Waals surface area contributed by atoms with Crippen molar-refractivity contribution in [3.8, 4) is 0 Å². The highest BCUT2D eigenvalue weighted by Gasteiger charge is 2.20. The Balaban J connectivity index is 0.00000312. The number of nitrogens with one attached hydrogen (secondary N) is 2. The van der Waals surface area contributed by atoms with Crippen LogP contribution in [0.5, 0.6) is 0 Å². The monoisotopic (exact) mass is 365 g/mol. The Bertz CT molecular complexity index is 712. The molecule has 1 atom stereocenters. The lowest BCUT2D eigenvalue weighted by Gasteiger charge is -2.15. The zero-order chi connectivity index (χ0) is 17.7. The third-order valence-corrected chi connectivity index (χ3v) is 3.68. The Labute approximate surface area is 153 Å². The molecule has 1 heterocycles. The molecule has 0 bridgehead atoms. The summed E-state index contributed by atoms with van der Waals surface area (Å²) >= 11 is 0. The van der Waals surface area contributed by atoms with Crippen molar-refractivity contribution in [3.63, 3.8) is 0 Å². The zero-order valence-corrected chi connectivity index (χ0v) is 15.6. The van der Waals surface area contributed by atoms with Gasteiger partial charge < -0.3 is 15.5 Å². The van der Waals surface area contributed by atoms with Gasteiger partial charge in [-0.25, -0.2) is 0 Å². The van der Waals surface area contributed by atoms with Crippen molar-refractivity contribution >= 4 is 29.9 Å². The summed E-state index contributed by atoms with van der Waals surface area (Å²) in [6.07, 6.45) is 3.81. The fourth-order valence-corrected chi connectivity index (χ4v) is 2.29. The molecule has 0 fully saturated rings. The van der Waals surface area contributed by atoms with Crippen molar-refractivity contribution in [2.45, 2.75) is 12.5 Å². The smallest absolute Gasteiger partial charge is 0.246 e. The molecule has 8 heteroatoms. The van der Waals surface area contributed by atoms with Crippen molar-refractivity contribution in [1.29, 1.82) is 0 Å². The molecule has 1 unspecified atom stereocenters. The van der Waals surface area contributed by atoms with Crippen LogP contribution in [-0.4, -0.2) is 47.6 Å². The van der Waals surface area contributed by atoms with Crippen LogP contribution in [0.25, 0.3) is 0 Å². The Morgan fingerprint density at radius 1 is 1.24 bits per heavy atom. The third kappa shape index (κ3) is 5.58. The predicted molar refractivity (Wildman–Crippen MR) is 99.7 cm³/mol. The van der Waals surface area contributed by atoms with E-state index in [4.69, 9.17) is 0 Å². The third-order valence-electron chi connectivity index (χ3n) is 3.68. The van der Waals surface area contributed by atoms with Crippen molar-refractivity contribution < 1.29 is 9.59 Å². The van der Waals surface area contributed by atoms with Gasteiger partial charge in [-0.15, -0.1) is 12.4 Å². The highest BCUT2D eigenvalue weighted by atomic mass is 35.5. The average Bonchev–Trinajstić information content (AvgIpc) is 2.96. The van der Waals surface area contributed by atoms with Crippen LogP contribution in [0.1, 0.15) is 17.2 Å². The molecule has 0 spiro atoms. The Kier molecular flexibility index (Phi) is 7.60. The molecule has 0 radical (unpaired) electrons. The van der Waals surface area contributed by atoms with E-state index >= 15 is 0 Å². The van der Waals surface area contributed by atoms with E-state index < -0.39 is 6.04 Å². The SMILES string of the molecule is CNC(C(=O)Nc1ccc(CC(=O)N(C)C)cc1)c1cnn(C)c1.Cl. The predicted octanol–water partition coefficient (Wildman–Crippen LogP) is 1.37. The highest BCUT2D eigenvalue weighted by Crippen LogP contribution is 2.16. The van der Waals surface area contributed by atoms with Gasteiger partial charge in [-0.1, -0.05) is 12.1 Å². The molecule has 0 aliphatic carbocycles. The van der Waals surface area contributed by atoms with Crippen LogP contribution in [0.15, 0.2) is 36.7 Å². The minimum absolute atomic E-state index is 0. The molecule has 0 saturated carbocycles. The summed E-state index contributed by atoms with van der Waals surface area (Å²) < 4.78 is 1.66. The molecule has 0 aliphatic heterocycles. The van der Waals surface area contributed by atoms with E-state index in [1.54, 1.807) is 55.3 Å². The molecule has 2 aromatic rings. The van der Waals surface area contributed by atoms with Crippen molar-refractivity contribution in [1.82, 2.24) is 20.0 Å². The summed E-state index contributed by atoms with van der Waals surface area (Å²) in [5.74, 6) is -0.124. The quantitative estimate of drug-likeness (QED) is 0.810. The summed E-state index contributed by atoms with van der Waals surface area (Å²) in [4.78, 5) is 25.7. The molecule has 2 amide bonds. The molecule has 0 saturated heterocycles. The lowest BCUT2D eigenvalue weighted by atomic mass is 10.1. The lowest BCUT2D eigenvalue weighted by molar-refractivity contribution is -0.128. The second kappa shape index (κ2) is 9.19. The number of carbonyl (C=O) groups excluding carboxylic acids is 2. The molecule has 1 aromatic carbocycles. The summed E-state index contributed by atoms with van der Waals surface area (Å²) in [5.41, 5.74) is 2.39. The van der Waals surface area contributed by atoms with Crippen LogP contribution < -0.4 is 10.6 Å². The van der Waals surface area contributed by atoms with E-state index in [2.05, 4.69) is 15.7 Å². The fraction of sp³-hybridized carbons (Fsp3) is 0.353. The maximum atomic E-state index is 12.4. The number of anilines is 1. The Morgan fingerprint density at radius 2 is 1.88 bits per heavy atom. The van der Waals surface area contributed by atoms with Crippen LogP contribution in [0.3, 0.4) is 0 Å². The number of carbonyl (C=O) groups is 2. The number of hydrogen-bond donors (Lipinski definition) is 2. The summed E-state index contributed by atoms with van der Waals surface area (Å²) in [6.45, 7) is 0. The van der Waals surface area contributed by atoms with Crippen molar-refractivity contribution in [2.24, 2.45) is 7.05 Å². The van der Waals surface area contributed by atoms with Gasteiger partial charge in [0.15, 0.2) is 0 Å². The Morgan fingerprint density at radius 3 is 2.36 bits per heavy atom. The normalized spacial score (nSPS) is 11.4. The number of halogens is 1. The molecule has 2 rings (SSSR count). The molecule has 1 aromatic heterocycles. The van der Waals surface area contributed by atoms with E-state index in [9.17, 15) is 9.59 Å². The minimum atomic E-state index is -0.478. The van der Waals surface area contributed by atoms with Gasteiger partial charge in [0.25, 0.3) is 0 Å². The second-order valence-electron chi connectivity index (χ2n) is 5.82. The first-order valence-corrected chi connectivity index (χ1v) is 7.66. The molecule has 25 heavy (non-hydrogen) atoms. The minimum Gasteiger partial charge on any atom is -0.349 e. The van der Waals surface area contributed by atoms with Gasteiger partial charge in [-0.05, 0) is 24.7 Å². The standard InChI is InChI=1S/C17H23N5O2.ClH/c1-18-16(13-10-19-22(4)11-13)17(24)20-14-7-5-12(6-8-14)9-15(23)21(2)3;/h5-8,10-11,16,18H,9H2,1-4H3,(H,20,24);1H. The van der Waals surface area contributed by atoms with Crippen LogP contribution in [0.2, 0.25) is 0 Å². The first-order chi connectivity index (χ1) is 11.4. The van der Waals surface area contributed by atoms with E-state index in [1.165, 1.54) is 0 Å². The Hall–Kier alpha value is -2.38. The topological polar surface area (TPSA) is 79.3 Å². The highest BCUT2D eigenvalue weighted by molar-refractivity contribution is 5.95. The van der Waals surface area contributed by atoms with Gasteiger partial charge in [0, 0.05) is 38.6 Å². The number of hydrogen-bond acceptors (Lipinski definition) is 4. The van der Waals surface area contributed by atoms with Crippen molar-refractivity contribution in [2.75, 3.05) is 26.5 Å². The average molecular weight is 366 g/mol. The molecule has 7 nitrogen and oxygen atoms in total. The van der Waals surface area contributed by atoms with Gasteiger partial charge in [-0.3, -0.25) is 14.3 Å². The van der Waals surface area contributed by atoms with Gasteiger partial charge >= 0.3 is 0 Å². The second-order valence-corrected chi connectivity index (χ2v) is 5.82. The van der Waals surface area contributed by atoms with Gasteiger partial charge in [0.2, 0.25) is 11.8 Å². The number of aryl methyl sites for hydroxylation is 1. The summed E-state index contributed by atoms with van der Waals surface area (Å²) in [6, 6.07) is 6.80. The molecular formula is C17H24ClN5O2. The van der Waals surface area contributed by atoms with Crippen LogP contribution in [0, 0.1) is 0 Å². The van der Waals surface area contributed by atoms with E-state index in [-0.39, 0.29) is 24.2 Å².